The third kappa shape index (κ3) is 1.85. The van der Waals surface area contributed by atoms with Gasteiger partial charge < -0.3 is 9.30 Å². The predicted octanol–water partition coefficient (Wildman–Crippen LogP) is 3.14. The highest BCUT2D eigenvalue weighted by atomic mass is 79.9. The Hall–Kier alpha value is -1.29. The quantitative estimate of drug-likeness (QED) is 0.792. The molecule has 0 saturated carbocycles. The Morgan fingerprint density at radius 3 is 2.88 bits per heavy atom. The van der Waals surface area contributed by atoms with Crippen molar-refractivity contribution < 1.29 is 9.53 Å². The number of carbonyl (C=O) groups is 1. The monoisotopic (exact) mass is 281 g/mol. The van der Waals surface area contributed by atoms with Crippen LogP contribution in [-0.4, -0.2) is 17.6 Å². The number of nitrogens with zero attached hydrogens (tertiary/aromatic N) is 1. The molecule has 1 aromatic carbocycles. The number of carbonyl (C=O) groups excluding carboxylic acids is 1. The summed E-state index contributed by atoms with van der Waals surface area (Å²) in [6.45, 7) is 1.83. The molecule has 16 heavy (non-hydrogen) atoms. The van der Waals surface area contributed by atoms with Crippen molar-refractivity contribution in [1.82, 2.24) is 4.57 Å². The van der Waals surface area contributed by atoms with Crippen LogP contribution in [0.1, 0.15) is 13.0 Å². The van der Waals surface area contributed by atoms with E-state index < -0.39 is 0 Å². The minimum atomic E-state index is -0.302. The molecule has 0 aliphatic carbocycles. The number of aromatic nitrogens is 1. The number of halogens is 1. The number of fused-ring (bicyclic) bond motifs is 1. The van der Waals surface area contributed by atoms with Gasteiger partial charge >= 0.3 is 5.97 Å². The van der Waals surface area contributed by atoms with Crippen molar-refractivity contribution in [3.05, 3.63) is 34.9 Å². The van der Waals surface area contributed by atoms with Crippen molar-refractivity contribution in [3.8, 4) is 0 Å². The molecule has 0 saturated heterocycles. The molecule has 0 aliphatic rings. The van der Waals surface area contributed by atoms with Crippen LogP contribution in [0.25, 0.3) is 10.9 Å². The van der Waals surface area contributed by atoms with Gasteiger partial charge in [0.1, 0.15) is 6.04 Å². The maximum absolute atomic E-state index is 11.5. The summed E-state index contributed by atoms with van der Waals surface area (Å²) in [4.78, 5) is 11.5. The number of ether oxygens (including phenoxy) is 1. The van der Waals surface area contributed by atoms with Crippen LogP contribution in [0.3, 0.4) is 0 Å². The number of rotatable bonds is 2. The van der Waals surface area contributed by atoms with Gasteiger partial charge in [-0.05, 0) is 31.2 Å². The summed E-state index contributed by atoms with van der Waals surface area (Å²) in [7, 11) is 1.40. The average Bonchev–Trinajstić information content (AvgIpc) is 2.69. The van der Waals surface area contributed by atoms with Gasteiger partial charge in [0.05, 0.1) is 7.11 Å². The molecule has 0 amide bonds. The summed E-state index contributed by atoms with van der Waals surface area (Å²) in [5.74, 6) is -0.236. The first-order valence-electron chi connectivity index (χ1n) is 4.97. The second-order valence-electron chi connectivity index (χ2n) is 3.63. The Kier molecular flexibility index (Phi) is 3.01. The number of esters is 1. The summed E-state index contributed by atoms with van der Waals surface area (Å²) < 4.78 is 7.68. The molecule has 1 atom stereocenters. The molecule has 0 N–H and O–H groups in total. The first-order chi connectivity index (χ1) is 7.63. The smallest absolute Gasteiger partial charge is 0.328 e. The van der Waals surface area contributed by atoms with Crippen LogP contribution < -0.4 is 0 Å². The Morgan fingerprint density at radius 1 is 1.44 bits per heavy atom. The normalized spacial score (nSPS) is 12.7. The van der Waals surface area contributed by atoms with Gasteiger partial charge in [0.15, 0.2) is 0 Å². The van der Waals surface area contributed by atoms with E-state index in [4.69, 9.17) is 4.74 Å². The van der Waals surface area contributed by atoms with Crippen LogP contribution in [0.4, 0.5) is 0 Å². The van der Waals surface area contributed by atoms with Gasteiger partial charge in [0.2, 0.25) is 0 Å². The van der Waals surface area contributed by atoms with E-state index in [-0.39, 0.29) is 12.0 Å². The summed E-state index contributed by atoms with van der Waals surface area (Å²) >= 11 is 3.42. The molecule has 0 unspecified atom stereocenters. The second-order valence-corrected chi connectivity index (χ2v) is 4.54. The molecule has 4 heteroatoms. The first-order valence-corrected chi connectivity index (χ1v) is 5.76. The highest BCUT2D eigenvalue weighted by Crippen LogP contribution is 2.24. The highest BCUT2D eigenvalue weighted by Gasteiger charge is 2.16. The summed E-state index contributed by atoms with van der Waals surface area (Å²) in [6.07, 6.45) is 1.90. The Balaban J connectivity index is 2.50. The Morgan fingerprint density at radius 2 is 2.19 bits per heavy atom. The number of benzene rings is 1. The SMILES string of the molecule is COC(=O)[C@H](C)n1ccc2cc(Br)ccc21. The number of hydrogen-bond donors (Lipinski definition) is 0. The van der Waals surface area contributed by atoms with E-state index in [1.165, 1.54) is 7.11 Å². The summed E-state index contributed by atoms with van der Waals surface area (Å²) in [5.41, 5.74) is 1.03. The van der Waals surface area contributed by atoms with Gasteiger partial charge in [-0.1, -0.05) is 15.9 Å². The van der Waals surface area contributed by atoms with Gasteiger partial charge in [-0.15, -0.1) is 0 Å². The van der Waals surface area contributed by atoms with Crippen LogP contribution in [0.5, 0.6) is 0 Å². The van der Waals surface area contributed by atoms with Crippen LogP contribution in [-0.2, 0) is 9.53 Å². The largest absolute Gasteiger partial charge is 0.467 e. The van der Waals surface area contributed by atoms with Crippen molar-refractivity contribution in [1.29, 1.82) is 0 Å². The van der Waals surface area contributed by atoms with Crippen molar-refractivity contribution in [3.63, 3.8) is 0 Å². The van der Waals surface area contributed by atoms with Crippen LogP contribution in [0.2, 0.25) is 0 Å². The van der Waals surface area contributed by atoms with Crippen molar-refractivity contribution >= 4 is 32.8 Å². The molecular weight excluding hydrogens is 270 g/mol. The Labute approximate surface area is 102 Å². The molecule has 3 nitrogen and oxygen atoms in total. The molecule has 0 bridgehead atoms. The zero-order chi connectivity index (χ0) is 11.7. The lowest BCUT2D eigenvalue weighted by molar-refractivity contribution is -0.143. The molecule has 0 spiro atoms. The average molecular weight is 282 g/mol. The summed E-state index contributed by atoms with van der Waals surface area (Å²) in [6, 6.07) is 7.65. The summed E-state index contributed by atoms with van der Waals surface area (Å²) in [5, 5.41) is 1.10. The zero-order valence-electron chi connectivity index (χ0n) is 9.11. The predicted molar refractivity (Wildman–Crippen MR) is 66.4 cm³/mol. The molecule has 84 valence electrons. The first kappa shape index (κ1) is 11.2. The van der Waals surface area contributed by atoms with E-state index in [0.29, 0.717) is 0 Å². The van der Waals surface area contributed by atoms with E-state index in [1.807, 2.05) is 42.0 Å². The minimum Gasteiger partial charge on any atom is -0.467 e. The van der Waals surface area contributed by atoms with E-state index >= 15 is 0 Å². The van der Waals surface area contributed by atoms with Gasteiger partial charge in [-0.3, -0.25) is 0 Å². The lowest BCUT2D eigenvalue weighted by atomic mass is 10.2. The fraction of sp³-hybridized carbons (Fsp3) is 0.250. The van der Waals surface area contributed by atoms with Crippen molar-refractivity contribution in [2.45, 2.75) is 13.0 Å². The Bertz CT molecular complexity index is 533. The lowest BCUT2D eigenvalue weighted by Crippen LogP contribution is -2.16. The molecule has 1 heterocycles. The highest BCUT2D eigenvalue weighted by molar-refractivity contribution is 9.10. The fourth-order valence-corrected chi connectivity index (χ4v) is 2.14. The maximum atomic E-state index is 11.5. The molecule has 2 rings (SSSR count). The standard InChI is InChI=1S/C12H12BrNO2/c1-8(12(15)16-2)14-6-5-9-7-10(13)3-4-11(9)14/h3-8H,1-2H3/t8-/m0/s1. The lowest BCUT2D eigenvalue weighted by Gasteiger charge is -2.12. The van der Waals surface area contributed by atoms with Crippen molar-refractivity contribution in [2.75, 3.05) is 7.11 Å². The van der Waals surface area contributed by atoms with Gasteiger partial charge in [0, 0.05) is 21.6 Å². The third-order valence-corrected chi connectivity index (χ3v) is 3.14. The molecule has 0 radical (unpaired) electrons. The van der Waals surface area contributed by atoms with E-state index in [0.717, 1.165) is 15.4 Å². The van der Waals surface area contributed by atoms with Crippen LogP contribution in [0, 0.1) is 0 Å². The van der Waals surface area contributed by atoms with Crippen molar-refractivity contribution in [2.24, 2.45) is 0 Å². The molecule has 0 aliphatic heterocycles. The topological polar surface area (TPSA) is 31.2 Å². The van der Waals surface area contributed by atoms with Gasteiger partial charge in [0.25, 0.3) is 0 Å². The van der Waals surface area contributed by atoms with Gasteiger partial charge in [-0.25, -0.2) is 4.79 Å². The molecule has 1 aromatic heterocycles. The minimum absolute atomic E-state index is 0.236. The number of hydrogen-bond acceptors (Lipinski definition) is 2. The molecule has 2 aromatic rings. The third-order valence-electron chi connectivity index (χ3n) is 2.64. The maximum Gasteiger partial charge on any atom is 0.328 e. The zero-order valence-corrected chi connectivity index (χ0v) is 10.7. The van der Waals surface area contributed by atoms with Gasteiger partial charge in [-0.2, -0.15) is 0 Å². The second kappa shape index (κ2) is 4.29. The van der Waals surface area contributed by atoms with Crippen LogP contribution in [0.15, 0.2) is 34.9 Å². The number of methoxy groups -OCH3 is 1. The fourth-order valence-electron chi connectivity index (χ4n) is 1.76. The molecular formula is C12H12BrNO2. The van der Waals surface area contributed by atoms with Crippen LogP contribution >= 0.6 is 15.9 Å². The molecule has 0 fully saturated rings. The van der Waals surface area contributed by atoms with E-state index in [1.54, 1.807) is 0 Å². The van der Waals surface area contributed by atoms with E-state index in [2.05, 4.69) is 15.9 Å². The van der Waals surface area contributed by atoms with E-state index in [9.17, 15) is 4.79 Å².